The summed E-state index contributed by atoms with van der Waals surface area (Å²) in [6.45, 7) is 9.90. The number of Topliss-reactive ketones (excluding diaryl/α,β-unsaturated/α-hetero) is 1. The molecule has 1 nitrogen and oxygen atoms in total. The second-order valence-corrected chi connectivity index (χ2v) is 4.58. The number of rotatable bonds is 2. The van der Waals surface area contributed by atoms with Gasteiger partial charge < -0.3 is 0 Å². The van der Waals surface area contributed by atoms with Gasteiger partial charge in [0.05, 0.1) is 0 Å². The number of hydrogen-bond acceptors (Lipinski definition) is 1. The molecule has 0 amide bonds. The van der Waals surface area contributed by atoms with E-state index in [0.29, 0.717) is 0 Å². The zero-order chi connectivity index (χ0) is 9.35. The van der Waals surface area contributed by atoms with Crippen molar-refractivity contribution in [3.05, 3.63) is 12.2 Å². The summed E-state index contributed by atoms with van der Waals surface area (Å²) >= 11 is 0. The fourth-order valence-corrected chi connectivity index (χ4v) is 2.11. The quantitative estimate of drug-likeness (QED) is 0.576. The number of carbonyl (C=O) groups excluding carboxylic acids is 1. The van der Waals surface area contributed by atoms with E-state index in [9.17, 15) is 4.79 Å². The molecule has 0 radical (unpaired) electrons. The third kappa shape index (κ3) is 1.60. The molecular weight excluding hydrogens is 148 g/mol. The highest BCUT2D eigenvalue weighted by molar-refractivity contribution is 5.96. The summed E-state index contributed by atoms with van der Waals surface area (Å²) in [4.78, 5) is 11.7. The van der Waals surface area contributed by atoms with Crippen LogP contribution >= 0.6 is 0 Å². The minimum Gasteiger partial charge on any atom is -0.294 e. The van der Waals surface area contributed by atoms with Gasteiger partial charge in [0.25, 0.3) is 0 Å². The molecule has 0 spiro atoms. The molecule has 1 aliphatic carbocycles. The Morgan fingerprint density at radius 3 is 2.42 bits per heavy atom. The van der Waals surface area contributed by atoms with E-state index in [1.54, 1.807) is 0 Å². The predicted octanol–water partition coefficient (Wildman–Crippen LogP) is 2.96. The third-order valence-corrected chi connectivity index (χ3v) is 2.99. The highest BCUT2D eigenvalue weighted by Crippen LogP contribution is 2.43. The molecule has 0 aromatic rings. The van der Waals surface area contributed by atoms with Crippen molar-refractivity contribution in [2.75, 3.05) is 0 Å². The zero-order valence-corrected chi connectivity index (χ0v) is 8.31. The van der Waals surface area contributed by atoms with Crippen LogP contribution in [-0.4, -0.2) is 5.78 Å². The average Bonchev–Trinajstić information content (AvgIpc) is 2.27. The van der Waals surface area contributed by atoms with Crippen molar-refractivity contribution in [2.45, 2.75) is 40.0 Å². The van der Waals surface area contributed by atoms with Crippen LogP contribution in [0.4, 0.5) is 0 Å². The molecule has 1 atom stereocenters. The Morgan fingerprint density at radius 2 is 2.08 bits per heavy atom. The third-order valence-electron chi connectivity index (χ3n) is 2.99. The first-order valence-electron chi connectivity index (χ1n) is 4.65. The summed E-state index contributed by atoms with van der Waals surface area (Å²) in [5.41, 5.74) is 0.922. The summed E-state index contributed by atoms with van der Waals surface area (Å²) < 4.78 is 0. The van der Waals surface area contributed by atoms with Gasteiger partial charge in [0.2, 0.25) is 0 Å². The fourth-order valence-electron chi connectivity index (χ4n) is 2.11. The van der Waals surface area contributed by atoms with Crippen LogP contribution in [0.15, 0.2) is 12.2 Å². The van der Waals surface area contributed by atoms with Gasteiger partial charge in [-0.15, -0.1) is 0 Å². The van der Waals surface area contributed by atoms with E-state index in [1.807, 2.05) is 6.92 Å². The summed E-state index contributed by atoms with van der Waals surface area (Å²) in [5, 5.41) is 0. The van der Waals surface area contributed by atoms with Crippen LogP contribution in [0.3, 0.4) is 0 Å². The van der Waals surface area contributed by atoms with Gasteiger partial charge in [-0.05, 0) is 30.8 Å². The largest absolute Gasteiger partial charge is 0.294 e. The van der Waals surface area contributed by atoms with Crippen molar-refractivity contribution in [1.82, 2.24) is 0 Å². The molecule has 0 heterocycles. The normalized spacial score (nSPS) is 27.1. The summed E-state index contributed by atoms with van der Waals surface area (Å²) in [6, 6.07) is 0. The van der Waals surface area contributed by atoms with Crippen LogP contribution in [0.5, 0.6) is 0 Å². The SMILES string of the molecule is C=C(C)C(=O)C1CCCC1(C)C. The Morgan fingerprint density at radius 1 is 1.50 bits per heavy atom. The predicted molar refractivity (Wildman–Crippen MR) is 50.9 cm³/mol. The summed E-state index contributed by atoms with van der Waals surface area (Å²) in [6.07, 6.45) is 3.42. The first-order valence-corrected chi connectivity index (χ1v) is 4.65. The highest BCUT2D eigenvalue weighted by Gasteiger charge is 2.38. The topological polar surface area (TPSA) is 17.1 Å². The van der Waals surface area contributed by atoms with Gasteiger partial charge in [-0.25, -0.2) is 0 Å². The molecule has 68 valence electrons. The molecule has 0 aromatic heterocycles. The molecule has 1 saturated carbocycles. The Labute approximate surface area is 74.9 Å². The number of ketones is 1. The Hall–Kier alpha value is -0.590. The fraction of sp³-hybridized carbons (Fsp3) is 0.727. The standard InChI is InChI=1S/C11H18O/c1-8(2)10(12)9-6-5-7-11(9,3)4/h9H,1,5-7H2,2-4H3. The van der Waals surface area contributed by atoms with Gasteiger partial charge in [-0.3, -0.25) is 4.79 Å². The summed E-state index contributed by atoms with van der Waals surface area (Å²) in [7, 11) is 0. The van der Waals surface area contributed by atoms with Crippen molar-refractivity contribution in [3.63, 3.8) is 0 Å². The molecule has 0 N–H and O–H groups in total. The number of allylic oxidation sites excluding steroid dienone is 1. The van der Waals surface area contributed by atoms with E-state index in [2.05, 4.69) is 20.4 Å². The second kappa shape index (κ2) is 3.04. The lowest BCUT2D eigenvalue weighted by Gasteiger charge is -2.25. The van der Waals surface area contributed by atoms with Gasteiger partial charge in [-0.1, -0.05) is 26.8 Å². The van der Waals surface area contributed by atoms with E-state index in [0.717, 1.165) is 12.0 Å². The van der Waals surface area contributed by atoms with Crippen LogP contribution in [0.1, 0.15) is 40.0 Å². The van der Waals surface area contributed by atoms with E-state index >= 15 is 0 Å². The van der Waals surface area contributed by atoms with Crippen LogP contribution in [-0.2, 0) is 4.79 Å². The molecule has 0 aliphatic heterocycles. The van der Waals surface area contributed by atoms with Gasteiger partial charge in [0.1, 0.15) is 0 Å². The molecule has 1 rings (SSSR count). The first-order chi connectivity index (χ1) is 5.45. The van der Waals surface area contributed by atoms with Gasteiger partial charge in [0.15, 0.2) is 5.78 Å². The van der Waals surface area contributed by atoms with Gasteiger partial charge in [-0.2, -0.15) is 0 Å². The second-order valence-electron chi connectivity index (χ2n) is 4.58. The molecule has 0 bridgehead atoms. The summed E-state index contributed by atoms with van der Waals surface area (Å²) in [5.74, 6) is 0.507. The minimum absolute atomic E-state index is 0.204. The Bertz CT molecular complexity index is 213. The monoisotopic (exact) mass is 166 g/mol. The smallest absolute Gasteiger partial charge is 0.161 e. The maximum Gasteiger partial charge on any atom is 0.161 e. The van der Waals surface area contributed by atoms with Crippen LogP contribution < -0.4 is 0 Å². The number of hydrogen-bond donors (Lipinski definition) is 0. The molecule has 1 unspecified atom stereocenters. The molecule has 12 heavy (non-hydrogen) atoms. The molecule has 1 heteroatoms. The maximum atomic E-state index is 11.7. The highest BCUT2D eigenvalue weighted by atomic mass is 16.1. The molecule has 0 saturated heterocycles. The average molecular weight is 166 g/mol. The van der Waals surface area contributed by atoms with Crippen molar-refractivity contribution < 1.29 is 4.79 Å². The van der Waals surface area contributed by atoms with Crippen LogP contribution in [0.25, 0.3) is 0 Å². The molecule has 1 aliphatic rings. The molecule has 0 aromatic carbocycles. The van der Waals surface area contributed by atoms with E-state index in [4.69, 9.17) is 0 Å². The molecule has 1 fully saturated rings. The van der Waals surface area contributed by atoms with Crippen molar-refractivity contribution >= 4 is 5.78 Å². The maximum absolute atomic E-state index is 11.7. The Balaban J connectivity index is 2.76. The lowest BCUT2D eigenvalue weighted by molar-refractivity contribution is -0.121. The van der Waals surface area contributed by atoms with E-state index in [-0.39, 0.29) is 17.1 Å². The zero-order valence-electron chi connectivity index (χ0n) is 8.31. The van der Waals surface area contributed by atoms with E-state index < -0.39 is 0 Å². The van der Waals surface area contributed by atoms with E-state index in [1.165, 1.54) is 12.8 Å². The van der Waals surface area contributed by atoms with Crippen molar-refractivity contribution in [2.24, 2.45) is 11.3 Å². The first kappa shape index (κ1) is 9.50. The Kier molecular flexibility index (Phi) is 2.41. The minimum atomic E-state index is 0.204. The van der Waals surface area contributed by atoms with Gasteiger partial charge in [0, 0.05) is 5.92 Å². The van der Waals surface area contributed by atoms with Crippen molar-refractivity contribution in [1.29, 1.82) is 0 Å². The lowest BCUT2D eigenvalue weighted by atomic mass is 9.78. The number of carbonyl (C=O) groups is 1. The van der Waals surface area contributed by atoms with Gasteiger partial charge >= 0.3 is 0 Å². The van der Waals surface area contributed by atoms with Crippen molar-refractivity contribution in [3.8, 4) is 0 Å². The van der Waals surface area contributed by atoms with Crippen LogP contribution in [0, 0.1) is 11.3 Å². The lowest BCUT2D eigenvalue weighted by Crippen LogP contribution is -2.26. The molecular formula is C11H18O. The van der Waals surface area contributed by atoms with Crippen LogP contribution in [0.2, 0.25) is 0 Å².